The summed E-state index contributed by atoms with van der Waals surface area (Å²) in [6.07, 6.45) is 2.00. The molecule has 4 nitrogen and oxygen atoms in total. The number of piperidine rings is 1. The Kier molecular flexibility index (Phi) is 5.36. The van der Waals surface area contributed by atoms with Crippen molar-refractivity contribution in [3.8, 4) is 0 Å². The van der Waals surface area contributed by atoms with Gasteiger partial charge < -0.3 is 15.3 Å². The van der Waals surface area contributed by atoms with E-state index in [-0.39, 0.29) is 18.4 Å². The van der Waals surface area contributed by atoms with E-state index in [1.54, 1.807) is 4.90 Å². The van der Waals surface area contributed by atoms with Crippen LogP contribution >= 0.6 is 0 Å². The molecule has 1 heterocycles. The van der Waals surface area contributed by atoms with Gasteiger partial charge in [0.25, 0.3) is 0 Å². The Labute approximate surface area is 114 Å². The molecule has 4 heteroatoms. The molecule has 0 aliphatic carbocycles. The van der Waals surface area contributed by atoms with Gasteiger partial charge in [-0.05, 0) is 24.9 Å². The zero-order valence-corrected chi connectivity index (χ0v) is 11.2. The third-order valence-corrected chi connectivity index (χ3v) is 3.54. The second kappa shape index (κ2) is 7.26. The average molecular weight is 262 g/mol. The third-order valence-electron chi connectivity index (χ3n) is 3.54. The molecular weight excluding hydrogens is 240 g/mol. The highest BCUT2D eigenvalue weighted by atomic mass is 16.3. The van der Waals surface area contributed by atoms with Gasteiger partial charge in [0.15, 0.2) is 0 Å². The van der Waals surface area contributed by atoms with E-state index in [4.69, 9.17) is 5.11 Å². The zero-order valence-electron chi connectivity index (χ0n) is 11.2. The van der Waals surface area contributed by atoms with Crippen LogP contribution in [-0.2, 0) is 11.3 Å². The highest BCUT2D eigenvalue weighted by Crippen LogP contribution is 2.15. The Morgan fingerprint density at radius 1 is 1.37 bits per heavy atom. The van der Waals surface area contributed by atoms with Gasteiger partial charge in [0.05, 0.1) is 12.5 Å². The first-order valence-electron chi connectivity index (χ1n) is 6.95. The maximum atomic E-state index is 12.5. The molecule has 2 N–H and O–H groups in total. The smallest absolute Gasteiger partial charge is 0.227 e. The van der Waals surface area contributed by atoms with E-state index in [1.165, 1.54) is 0 Å². The van der Waals surface area contributed by atoms with E-state index >= 15 is 0 Å². The van der Waals surface area contributed by atoms with Crippen LogP contribution in [0.1, 0.15) is 18.4 Å². The Bertz CT molecular complexity index is 388. The zero-order chi connectivity index (χ0) is 13.5. The molecule has 1 amide bonds. The van der Waals surface area contributed by atoms with Crippen LogP contribution in [-0.4, -0.2) is 42.2 Å². The standard InChI is InChI=1S/C15H22N2O2/c18-10-9-17(12-13-5-2-1-3-6-13)15(19)14-7-4-8-16-11-14/h1-3,5-6,14,16,18H,4,7-12H2/t14-/m1/s1. The maximum absolute atomic E-state index is 12.5. The van der Waals surface area contributed by atoms with Gasteiger partial charge in [-0.3, -0.25) is 4.79 Å². The van der Waals surface area contributed by atoms with Crippen LogP contribution in [0.25, 0.3) is 0 Å². The summed E-state index contributed by atoms with van der Waals surface area (Å²) >= 11 is 0. The van der Waals surface area contributed by atoms with Crippen LogP contribution in [0.2, 0.25) is 0 Å². The first kappa shape index (κ1) is 14.0. The van der Waals surface area contributed by atoms with Crippen LogP contribution in [0.3, 0.4) is 0 Å². The van der Waals surface area contributed by atoms with Crippen LogP contribution in [0.5, 0.6) is 0 Å². The number of nitrogens with zero attached hydrogens (tertiary/aromatic N) is 1. The lowest BCUT2D eigenvalue weighted by molar-refractivity contribution is -0.137. The summed E-state index contributed by atoms with van der Waals surface area (Å²) in [4.78, 5) is 14.2. The molecule has 1 aromatic rings. The van der Waals surface area contributed by atoms with E-state index in [2.05, 4.69) is 5.32 Å². The number of aliphatic hydroxyl groups excluding tert-OH is 1. The first-order chi connectivity index (χ1) is 9.31. The SMILES string of the molecule is O=C([C@@H]1CCCNC1)N(CCO)Cc1ccccc1. The van der Waals surface area contributed by atoms with E-state index < -0.39 is 0 Å². The summed E-state index contributed by atoms with van der Waals surface area (Å²) in [7, 11) is 0. The fourth-order valence-electron chi connectivity index (χ4n) is 2.51. The summed E-state index contributed by atoms with van der Waals surface area (Å²) in [6, 6.07) is 9.93. The van der Waals surface area contributed by atoms with Gasteiger partial charge in [0.2, 0.25) is 5.91 Å². The Morgan fingerprint density at radius 2 is 2.16 bits per heavy atom. The molecule has 1 saturated heterocycles. The highest BCUT2D eigenvalue weighted by Gasteiger charge is 2.25. The lowest BCUT2D eigenvalue weighted by atomic mass is 9.98. The van der Waals surface area contributed by atoms with Gasteiger partial charge in [-0.25, -0.2) is 0 Å². The van der Waals surface area contributed by atoms with E-state index in [0.29, 0.717) is 13.1 Å². The number of hydrogen-bond donors (Lipinski definition) is 2. The van der Waals surface area contributed by atoms with Crippen LogP contribution in [0.4, 0.5) is 0 Å². The molecule has 0 saturated carbocycles. The van der Waals surface area contributed by atoms with Crippen molar-refractivity contribution in [1.29, 1.82) is 0 Å². The largest absolute Gasteiger partial charge is 0.395 e. The molecule has 0 radical (unpaired) electrons. The van der Waals surface area contributed by atoms with Crippen molar-refractivity contribution in [2.24, 2.45) is 5.92 Å². The van der Waals surface area contributed by atoms with Gasteiger partial charge in [-0.2, -0.15) is 0 Å². The predicted octanol–water partition coefficient (Wildman–Crippen LogP) is 1.01. The number of hydrogen-bond acceptors (Lipinski definition) is 3. The molecule has 1 aliphatic rings. The molecule has 1 aliphatic heterocycles. The fraction of sp³-hybridized carbons (Fsp3) is 0.533. The van der Waals surface area contributed by atoms with E-state index in [9.17, 15) is 4.79 Å². The molecule has 1 fully saturated rings. The van der Waals surface area contributed by atoms with Crippen molar-refractivity contribution in [3.05, 3.63) is 35.9 Å². The molecule has 0 aromatic heterocycles. The highest BCUT2D eigenvalue weighted by molar-refractivity contribution is 5.79. The normalized spacial score (nSPS) is 19.1. The van der Waals surface area contributed by atoms with Crippen molar-refractivity contribution >= 4 is 5.91 Å². The monoisotopic (exact) mass is 262 g/mol. The maximum Gasteiger partial charge on any atom is 0.227 e. The predicted molar refractivity (Wildman–Crippen MR) is 74.5 cm³/mol. The Hall–Kier alpha value is -1.39. The summed E-state index contributed by atoms with van der Waals surface area (Å²) in [5.41, 5.74) is 1.10. The number of aliphatic hydroxyl groups is 1. The number of amides is 1. The fourth-order valence-corrected chi connectivity index (χ4v) is 2.51. The summed E-state index contributed by atoms with van der Waals surface area (Å²) < 4.78 is 0. The van der Waals surface area contributed by atoms with Gasteiger partial charge in [-0.1, -0.05) is 30.3 Å². The molecule has 1 aromatic carbocycles. The molecule has 2 rings (SSSR count). The minimum absolute atomic E-state index is 0.0126. The van der Waals surface area contributed by atoms with Gasteiger partial charge in [-0.15, -0.1) is 0 Å². The summed E-state index contributed by atoms with van der Waals surface area (Å²) in [6.45, 7) is 2.76. The van der Waals surface area contributed by atoms with Gasteiger partial charge in [0.1, 0.15) is 0 Å². The summed E-state index contributed by atoms with van der Waals surface area (Å²) in [5.74, 6) is 0.217. The van der Waals surface area contributed by atoms with Crippen LogP contribution in [0.15, 0.2) is 30.3 Å². The first-order valence-corrected chi connectivity index (χ1v) is 6.95. The second-order valence-electron chi connectivity index (χ2n) is 5.01. The van der Waals surface area contributed by atoms with Crippen molar-refractivity contribution in [2.75, 3.05) is 26.2 Å². The minimum Gasteiger partial charge on any atom is -0.395 e. The minimum atomic E-state index is 0.0126. The van der Waals surface area contributed by atoms with E-state index in [1.807, 2.05) is 30.3 Å². The van der Waals surface area contributed by atoms with Crippen molar-refractivity contribution in [3.63, 3.8) is 0 Å². The topological polar surface area (TPSA) is 52.6 Å². The van der Waals surface area contributed by atoms with Gasteiger partial charge in [0, 0.05) is 19.6 Å². The third kappa shape index (κ3) is 4.04. The van der Waals surface area contributed by atoms with Gasteiger partial charge >= 0.3 is 0 Å². The van der Waals surface area contributed by atoms with Crippen molar-refractivity contribution in [2.45, 2.75) is 19.4 Å². The summed E-state index contributed by atoms with van der Waals surface area (Å²) in [5, 5.41) is 12.4. The molecule has 0 bridgehead atoms. The molecule has 0 unspecified atom stereocenters. The Balaban J connectivity index is 2.00. The number of carbonyl (C=O) groups excluding carboxylic acids is 1. The molecule has 1 atom stereocenters. The van der Waals surface area contributed by atoms with Crippen molar-refractivity contribution < 1.29 is 9.90 Å². The quantitative estimate of drug-likeness (QED) is 0.832. The Morgan fingerprint density at radius 3 is 2.79 bits per heavy atom. The van der Waals surface area contributed by atoms with Crippen LogP contribution in [0, 0.1) is 5.92 Å². The lowest BCUT2D eigenvalue weighted by Gasteiger charge is -2.29. The second-order valence-corrected chi connectivity index (χ2v) is 5.01. The molecule has 0 spiro atoms. The number of benzene rings is 1. The average Bonchev–Trinajstić information content (AvgIpc) is 2.48. The molecule has 19 heavy (non-hydrogen) atoms. The number of rotatable bonds is 5. The number of carbonyl (C=O) groups is 1. The lowest BCUT2D eigenvalue weighted by Crippen LogP contribution is -2.43. The van der Waals surface area contributed by atoms with E-state index in [0.717, 1.165) is 31.5 Å². The molecule has 104 valence electrons. The van der Waals surface area contributed by atoms with Crippen molar-refractivity contribution in [1.82, 2.24) is 10.2 Å². The molecular formula is C15H22N2O2. The van der Waals surface area contributed by atoms with Crippen LogP contribution < -0.4 is 5.32 Å². The number of nitrogens with one attached hydrogen (secondary N) is 1.